The van der Waals surface area contributed by atoms with Crippen LogP contribution in [0.4, 0.5) is 13.2 Å². The second-order valence-electron chi connectivity index (χ2n) is 5.50. The first-order chi connectivity index (χ1) is 10.2. The predicted octanol–water partition coefficient (Wildman–Crippen LogP) is 3.42. The maximum Gasteiger partial charge on any atom is 0.416 e. The van der Waals surface area contributed by atoms with Gasteiger partial charge in [-0.1, -0.05) is 26.0 Å². The van der Waals surface area contributed by atoms with Gasteiger partial charge in [0.25, 0.3) is 0 Å². The van der Waals surface area contributed by atoms with E-state index in [1.165, 1.54) is 12.1 Å². The fourth-order valence-corrected chi connectivity index (χ4v) is 2.12. The van der Waals surface area contributed by atoms with Gasteiger partial charge in [0.2, 0.25) is 5.91 Å². The Morgan fingerprint density at radius 2 is 1.74 bits per heavy atom. The molecule has 0 aliphatic rings. The van der Waals surface area contributed by atoms with Gasteiger partial charge in [-0.2, -0.15) is 13.2 Å². The quantitative estimate of drug-likeness (QED) is 0.789. The molecule has 0 radical (unpaired) electrons. The van der Waals surface area contributed by atoms with Crippen LogP contribution >= 0.6 is 12.4 Å². The molecule has 23 heavy (non-hydrogen) atoms. The summed E-state index contributed by atoms with van der Waals surface area (Å²) in [6.07, 6.45) is -3.91. The summed E-state index contributed by atoms with van der Waals surface area (Å²) in [7, 11) is 0. The van der Waals surface area contributed by atoms with Crippen molar-refractivity contribution in [3.05, 3.63) is 35.4 Å². The zero-order valence-electron chi connectivity index (χ0n) is 13.5. The highest BCUT2D eigenvalue weighted by Gasteiger charge is 2.30. The number of rotatable bonds is 7. The van der Waals surface area contributed by atoms with Gasteiger partial charge in [-0.3, -0.25) is 4.79 Å². The zero-order valence-corrected chi connectivity index (χ0v) is 14.4. The van der Waals surface area contributed by atoms with Crippen molar-refractivity contribution in [2.45, 2.75) is 39.4 Å². The van der Waals surface area contributed by atoms with E-state index in [1.807, 2.05) is 13.8 Å². The van der Waals surface area contributed by atoms with Crippen molar-refractivity contribution in [2.24, 2.45) is 5.92 Å². The number of hydrogen-bond donors (Lipinski definition) is 2. The lowest BCUT2D eigenvalue weighted by Gasteiger charge is -2.16. The Hall–Kier alpha value is -1.27. The molecule has 0 saturated heterocycles. The van der Waals surface area contributed by atoms with Gasteiger partial charge in [0, 0.05) is 18.5 Å². The standard InChI is InChI=1S/C16H23F3N2O.ClH/c1-4-20-12(3)10-21-15(22)11(2)9-13-5-7-14(8-6-13)16(17,18)19;/h5-8,11-12,20H,4,9-10H2,1-3H3,(H,21,22);1H/t11?,12-;/m1./s1. The van der Waals surface area contributed by atoms with E-state index in [1.54, 1.807) is 6.92 Å². The van der Waals surface area contributed by atoms with E-state index >= 15 is 0 Å². The molecule has 2 N–H and O–H groups in total. The monoisotopic (exact) mass is 352 g/mol. The molecule has 0 saturated carbocycles. The lowest BCUT2D eigenvalue weighted by atomic mass is 9.99. The summed E-state index contributed by atoms with van der Waals surface area (Å²) in [5.41, 5.74) is 0.0446. The number of likely N-dealkylation sites (N-methyl/N-ethyl adjacent to an activating group) is 1. The van der Waals surface area contributed by atoms with Crippen LogP contribution in [-0.2, 0) is 17.4 Å². The van der Waals surface area contributed by atoms with E-state index < -0.39 is 11.7 Å². The van der Waals surface area contributed by atoms with Crippen molar-refractivity contribution >= 4 is 18.3 Å². The van der Waals surface area contributed by atoms with Crippen molar-refractivity contribution in [2.75, 3.05) is 13.1 Å². The maximum atomic E-state index is 12.5. The molecule has 0 spiro atoms. The number of hydrogen-bond acceptors (Lipinski definition) is 2. The average Bonchev–Trinajstić information content (AvgIpc) is 2.44. The van der Waals surface area contributed by atoms with E-state index in [0.29, 0.717) is 13.0 Å². The van der Waals surface area contributed by atoms with Crippen LogP contribution < -0.4 is 10.6 Å². The Labute approximate surface area is 141 Å². The zero-order chi connectivity index (χ0) is 16.8. The third kappa shape index (κ3) is 7.70. The lowest BCUT2D eigenvalue weighted by Crippen LogP contribution is -2.41. The second kappa shape index (κ2) is 9.78. The summed E-state index contributed by atoms with van der Waals surface area (Å²) in [5.74, 6) is -0.379. The lowest BCUT2D eigenvalue weighted by molar-refractivity contribution is -0.137. The molecule has 1 aromatic rings. The van der Waals surface area contributed by atoms with Crippen molar-refractivity contribution in [3.63, 3.8) is 0 Å². The third-order valence-electron chi connectivity index (χ3n) is 3.41. The number of carbonyl (C=O) groups excluding carboxylic acids is 1. The normalized spacial score (nSPS) is 13.8. The highest BCUT2D eigenvalue weighted by molar-refractivity contribution is 5.85. The smallest absolute Gasteiger partial charge is 0.354 e. The topological polar surface area (TPSA) is 41.1 Å². The molecule has 0 heterocycles. The summed E-state index contributed by atoms with van der Waals surface area (Å²) in [4.78, 5) is 12.0. The number of carbonyl (C=O) groups is 1. The molecule has 1 unspecified atom stereocenters. The summed E-state index contributed by atoms with van der Waals surface area (Å²) in [6, 6.07) is 5.13. The molecule has 0 aliphatic carbocycles. The predicted molar refractivity (Wildman–Crippen MR) is 87.7 cm³/mol. The third-order valence-corrected chi connectivity index (χ3v) is 3.41. The number of alkyl halides is 3. The molecule has 1 rings (SSSR count). The minimum atomic E-state index is -4.33. The Balaban J connectivity index is 0.00000484. The SMILES string of the molecule is CCN[C@H](C)CNC(=O)C(C)Cc1ccc(C(F)(F)F)cc1.Cl. The van der Waals surface area contributed by atoms with Gasteiger partial charge in [-0.25, -0.2) is 0 Å². The first-order valence-electron chi connectivity index (χ1n) is 7.41. The van der Waals surface area contributed by atoms with Gasteiger partial charge in [-0.15, -0.1) is 12.4 Å². The maximum absolute atomic E-state index is 12.5. The van der Waals surface area contributed by atoms with E-state index in [0.717, 1.165) is 24.2 Å². The molecule has 7 heteroatoms. The Bertz CT molecular complexity index is 477. The fraction of sp³-hybridized carbons (Fsp3) is 0.562. The molecule has 0 fully saturated rings. The molecule has 0 aliphatic heterocycles. The van der Waals surface area contributed by atoms with Gasteiger partial charge in [0.1, 0.15) is 0 Å². The second-order valence-corrected chi connectivity index (χ2v) is 5.50. The largest absolute Gasteiger partial charge is 0.416 e. The molecule has 0 aromatic heterocycles. The van der Waals surface area contributed by atoms with E-state index in [9.17, 15) is 18.0 Å². The van der Waals surface area contributed by atoms with Crippen molar-refractivity contribution in [1.82, 2.24) is 10.6 Å². The molecule has 2 atom stereocenters. The molecular formula is C16H24ClF3N2O. The minimum Gasteiger partial charge on any atom is -0.354 e. The molecule has 3 nitrogen and oxygen atoms in total. The van der Waals surface area contributed by atoms with E-state index in [2.05, 4.69) is 10.6 Å². The number of nitrogens with one attached hydrogen (secondary N) is 2. The molecule has 0 bridgehead atoms. The molecule has 1 aromatic carbocycles. The van der Waals surface area contributed by atoms with Crippen LogP contribution in [0.5, 0.6) is 0 Å². The minimum absolute atomic E-state index is 0. The number of halogens is 4. The average molecular weight is 353 g/mol. The first-order valence-corrected chi connectivity index (χ1v) is 7.41. The van der Waals surface area contributed by atoms with Gasteiger partial charge < -0.3 is 10.6 Å². The van der Waals surface area contributed by atoms with Crippen LogP contribution in [0, 0.1) is 5.92 Å². The highest BCUT2D eigenvalue weighted by Crippen LogP contribution is 2.29. The summed E-state index contributed by atoms with van der Waals surface area (Å²) >= 11 is 0. The Morgan fingerprint density at radius 1 is 1.17 bits per heavy atom. The summed E-state index contributed by atoms with van der Waals surface area (Å²) < 4.78 is 37.4. The van der Waals surface area contributed by atoms with Crippen molar-refractivity contribution in [1.29, 1.82) is 0 Å². The van der Waals surface area contributed by atoms with Crippen molar-refractivity contribution in [3.8, 4) is 0 Å². The van der Waals surface area contributed by atoms with E-state index in [4.69, 9.17) is 0 Å². The van der Waals surface area contributed by atoms with Gasteiger partial charge in [0.15, 0.2) is 0 Å². The van der Waals surface area contributed by atoms with Crippen LogP contribution in [0.25, 0.3) is 0 Å². The summed E-state index contributed by atoms with van der Waals surface area (Å²) in [6.45, 7) is 7.10. The van der Waals surface area contributed by atoms with Crippen LogP contribution in [0.15, 0.2) is 24.3 Å². The molecule has 132 valence electrons. The highest BCUT2D eigenvalue weighted by atomic mass is 35.5. The van der Waals surface area contributed by atoms with Crippen LogP contribution in [0.3, 0.4) is 0 Å². The van der Waals surface area contributed by atoms with Crippen LogP contribution in [0.2, 0.25) is 0 Å². The van der Waals surface area contributed by atoms with Crippen molar-refractivity contribution < 1.29 is 18.0 Å². The van der Waals surface area contributed by atoms with Crippen LogP contribution in [-0.4, -0.2) is 25.0 Å². The molecule has 1 amide bonds. The van der Waals surface area contributed by atoms with Gasteiger partial charge in [-0.05, 0) is 37.6 Å². The number of amides is 1. The Kier molecular flexibility index (Phi) is 9.24. The van der Waals surface area contributed by atoms with Gasteiger partial charge >= 0.3 is 6.18 Å². The van der Waals surface area contributed by atoms with Crippen LogP contribution in [0.1, 0.15) is 31.9 Å². The van der Waals surface area contributed by atoms with Gasteiger partial charge in [0.05, 0.1) is 5.56 Å². The molecular weight excluding hydrogens is 329 g/mol. The number of benzene rings is 1. The first kappa shape index (κ1) is 21.7. The van der Waals surface area contributed by atoms with E-state index in [-0.39, 0.29) is 30.3 Å². The Morgan fingerprint density at radius 3 is 2.22 bits per heavy atom. The fourth-order valence-electron chi connectivity index (χ4n) is 2.12. The summed E-state index contributed by atoms with van der Waals surface area (Å²) in [5, 5.41) is 6.03.